The number of aromatic nitrogens is 1. The lowest BCUT2D eigenvalue weighted by molar-refractivity contribution is 0.197. The van der Waals surface area contributed by atoms with Gasteiger partial charge in [0.05, 0.1) is 14.2 Å². The lowest BCUT2D eigenvalue weighted by atomic mass is 10.2. The fraction of sp³-hybridized carbons (Fsp3) is 0.182. The Kier molecular flexibility index (Phi) is 3.14. The summed E-state index contributed by atoms with van der Waals surface area (Å²) >= 11 is 2.08. The first-order valence-electron chi connectivity index (χ1n) is 4.74. The molecule has 0 amide bonds. The smallest absolute Gasteiger partial charge is 0.416 e. The van der Waals surface area contributed by atoms with Gasteiger partial charge in [-0.3, -0.25) is 0 Å². The highest BCUT2D eigenvalue weighted by Crippen LogP contribution is 2.34. The third kappa shape index (κ3) is 1.92. The Morgan fingerprint density at radius 3 is 2.59 bits per heavy atom. The molecular weight excluding hydrogens is 337 g/mol. The predicted octanol–water partition coefficient (Wildman–Crippen LogP) is 2.79. The second-order valence-corrected chi connectivity index (χ2v) is 4.52. The molecule has 6 heteroatoms. The molecule has 2 aromatic rings. The Morgan fingerprint density at radius 1 is 1.35 bits per heavy atom. The van der Waals surface area contributed by atoms with Crippen molar-refractivity contribution in [2.45, 2.75) is 0 Å². The molecule has 0 fully saturated rings. The molecule has 1 N–H and O–H groups in total. The molecule has 1 aromatic heterocycles. The summed E-state index contributed by atoms with van der Waals surface area (Å²) < 4.78 is 12.3. The normalized spacial score (nSPS) is 10.5. The average molecular weight is 347 g/mol. The summed E-state index contributed by atoms with van der Waals surface area (Å²) in [5, 5.41) is 9.91. The topological polar surface area (TPSA) is 60.7 Å². The standard InChI is InChI=1S/C11H10INO4/c1-16-6-3-7-8(12)5-13(11(14)15)10(7)9(4-6)17-2/h3-5H,1-2H3,(H,14,15). The molecule has 0 aliphatic heterocycles. The molecule has 1 heterocycles. The van der Waals surface area contributed by atoms with Gasteiger partial charge in [0.2, 0.25) is 0 Å². The van der Waals surface area contributed by atoms with Crippen molar-refractivity contribution >= 4 is 39.6 Å². The van der Waals surface area contributed by atoms with Crippen molar-refractivity contribution in [2.24, 2.45) is 0 Å². The van der Waals surface area contributed by atoms with Crippen LogP contribution in [0.1, 0.15) is 0 Å². The maximum absolute atomic E-state index is 11.1. The van der Waals surface area contributed by atoms with Crippen LogP contribution in [0.3, 0.4) is 0 Å². The second kappa shape index (κ2) is 4.44. The Morgan fingerprint density at radius 2 is 2.06 bits per heavy atom. The van der Waals surface area contributed by atoms with Crippen LogP contribution in [0.4, 0.5) is 4.79 Å². The van der Waals surface area contributed by atoms with E-state index in [1.165, 1.54) is 7.11 Å². The highest BCUT2D eigenvalue weighted by atomic mass is 127. The van der Waals surface area contributed by atoms with Crippen LogP contribution in [-0.2, 0) is 0 Å². The Balaban J connectivity index is 2.86. The van der Waals surface area contributed by atoms with Crippen LogP contribution >= 0.6 is 22.6 Å². The minimum atomic E-state index is -1.04. The number of halogens is 1. The van der Waals surface area contributed by atoms with Crippen LogP contribution in [0, 0.1) is 3.57 Å². The van der Waals surface area contributed by atoms with Gasteiger partial charge in [-0.25, -0.2) is 9.36 Å². The largest absolute Gasteiger partial charge is 0.497 e. The zero-order valence-corrected chi connectivity index (χ0v) is 11.4. The zero-order chi connectivity index (χ0) is 12.6. The van der Waals surface area contributed by atoms with E-state index < -0.39 is 6.09 Å². The first-order valence-corrected chi connectivity index (χ1v) is 5.82. The number of hydrogen-bond donors (Lipinski definition) is 1. The number of methoxy groups -OCH3 is 2. The number of fused-ring (bicyclic) bond motifs is 1. The molecule has 0 spiro atoms. The van der Waals surface area contributed by atoms with Crippen molar-refractivity contribution < 1.29 is 19.4 Å². The van der Waals surface area contributed by atoms with Gasteiger partial charge in [0.15, 0.2) is 0 Å². The second-order valence-electron chi connectivity index (χ2n) is 3.36. The maximum atomic E-state index is 11.1. The molecule has 0 aliphatic carbocycles. The maximum Gasteiger partial charge on any atom is 0.416 e. The van der Waals surface area contributed by atoms with Crippen LogP contribution in [0.25, 0.3) is 10.9 Å². The van der Waals surface area contributed by atoms with Crippen LogP contribution in [0.15, 0.2) is 18.3 Å². The van der Waals surface area contributed by atoms with E-state index in [2.05, 4.69) is 22.6 Å². The van der Waals surface area contributed by atoms with E-state index in [4.69, 9.17) is 14.6 Å². The van der Waals surface area contributed by atoms with Gasteiger partial charge >= 0.3 is 6.09 Å². The van der Waals surface area contributed by atoms with Gasteiger partial charge in [0.25, 0.3) is 0 Å². The Labute approximate surface area is 111 Å². The predicted molar refractivity (Wildman–Crippen MR) is 71.2 cm³/mol. The van der Waals surface area contributed by atoms with Gasteiger partial charge in [-0.1, -0.05) is 0 Å². The zero-order valence-electron chi connectivity index (χ0n) is 9.23. The minimum Gasteiger partial charge on any atom is -0.497 e. The molecule has 0 aliphatic rings. The molecule has 0 atom stereocenters. The van der Waals surface area contributed by atoms with Crippen LogP contribution in [0.5, 0.6) is 11.5 Å². The van der Waals surface area contributed by atoms with Gasteiger partial charge in [-0.15, -0.1) is 0 Å². The van der Waals surface area contributed by atoms with Crippen molar-refractivity contribution in [2.75, 3.05) is 14.2 Å². The molecule has 17 heavy (non-hydrogen) atoms. The highest BCUT2D eigenvalue weighted by molar-refractivity contribution is 14.1. The summed E-state index contributed by atoms with van der Waals surface area (Å²) in [6.07, 6.45) is 0.511. The minimum absolute atomic E-state index is 0.477. The van der Waals surface area contributed by atoms with Crippen LogP contribution < -0.4 is 9.47 Å². The Bertz CT molecular complexity index is 591. The van der Waals surface area contributed by atoms with Crippen molar-refractivity contribution in [3.05, 3.63) is 21.9 Å². The van der Waals surface area contributed by atoms with Crippen molar-refractivity contribution in [1.82, 2.24) is 4.57 Å². The molecule has 5 nitrogen and oxygen atoms in total. The van der Waals surface area contributed by atoms with Gasteiger partial charge in [-0.05, 0) is 28.7 Å². The summed E-state index contributed by atoms with van der Waals surface area (Å²) in [5.74, 6) is 1.11. The summed E-state index contributed by atoms with van der Waals surface area (Å²) in [4.78, 5) is 11.1. The van der Waals surface area contributed by atoms with Crippen molar-refractivity contribution in [3.63, 3.8) is 0 Å². The molecule has 0 unspecified atom stereocenters. The van der Waals surface area contributed by atoms with Gasteiger partial charge in [0, 0.05) is 21.2 Å². The van der Waals surface area contributed by atoms with Crippen molar-refractivity contribution in [3.8, 4) is 11.5 Å². The van der Waals surface area contributed by atoms with E-state index in [1.807, 2.05) is 0 Å². The SMILES string of the molecule is COc1cc(OC)c2c(c1)c(I)cn2C(=O)O. The molecule has 0 saturated carbocycles. The van der Waals surface area contributed by atoms with E-state index in [0.717, 1.165) is 13.5 Å². The number of carboxylic acid groups (broad SMARTS) is 1. The third-order valence-electron chi connectivity index (χ3n) is 2.45. The third-order valence-corrected chi connectivity index (χ3v) is 3.31. The summed E-state index contributed by atoms with van der Waals surface area (Å²) in [6, 6.07) is 3.46. The number of ether oxygens (including phenoxy) is 2. The van der Waals surface area contributed by atoms with E-state index >= 15 is 0 Å². The van der Waals surface area contributed by atoms with E-state index in [-0.39, 0.29) is 0 Å². The number of rotatable bonds is 2. The van der Waals surface area contributed by atoms with Gasteiger partial charge < -0.3 is 14.6 Å². The number of hydrogen-bond acceptors (Lipinski definition) is 3. The lowest BCUT2D eigenvalue weighted by Crippen LogP contribution is -2.06. The molecule has 0 radical (unpaired) electrons. The summed E-state index contributed by atoms with van der Waals surface area (Å²) in [7, 11) is 3.06. The molecule has 0 bridgehead atoms. The molecule has 1 aromatic carbocycles. The summed E-state index contributed by atoms with van der Waals surface area (Å²) in [5.41, 5.74) is 0.533. The van der Waals surface area contributed by atoms with Crippen molar-refractivity contribution in [1.29, 1.82) is 0 Å². The molecule has 90 valence electrons. The first-order chi connectivity index (χ1) is 8.08. The molecular formula is C11H10INO4. The van der Waals surface area contributed by atoms with Crippen LogP contribution in [-0.4, -0.2) is 30.0 Å². The quantitative estimate of drug-likeness (QED) is 0.849. The first kappa shape index (κ1) is 12.0. The lowest BCUT2D eigenvalue weighted by Gasteiger charge is -2.07. The molecule has 0 saturated heterocycles. The monoisotopic (exact) mass is 347 g/mol. The van der Waals surface area contributed by atoms with E-state index in [0.29, 0.717) is 17.0 Å². The number of benzene rings is 1. The van der Waals surface area contributed by atoms with E-state index in [9.17, 15) is 4.79 Å². The number of nitrogens with zero attached hydrogens (tertiary/aromatic N) is 1. The Hall–Kier alpha value is -1.44. The fourth-order valence-electron chi connectivity index (χ4n) is 1.68. The fourth-order valence-corrected chi connectivity index (χ4v) is 2.37. The number of carbonyl (C=O) groups is 1. The summed E-state index contributed by atoms with van der Waals surface area (Å²) in [6.45, 7) is 0. The van der Waals surface area contributed by atoms with E-state index in [1.54, 1.807) is 25.4 Å². The van der Waals surface area contributed by atoms with Gasteiger partial charge in [-0.2, -0.15) is 0 Å². The van der Waals surface area contributed by atoms with Crippen LogP contribution in [0.2, 0.25) is 0 Å². The van der Waals surface area contributed by atoms with Gasteiger partial charge in [0.1, 0.15) is 17.0 Å². The highest BCUT2D eigenvalue weighted by Gasteiger charge is 2.17. The average Bonchev–Trinajstić information content (AvgIpc) is 2.66. The molecule has 2 rings (SSSR count).